The third-order valence-corrected chi connectivity index (χ3v) is 2.73. The van der Waals surface area contributed by atoms with Crippen molar-refractivity contribution < 1.29 is 24.3 Å². The number of nitrogens with two attached hydrogens (primary N) is 2. The Morgan fingerprint density at radius 1 is 1.05 bits per heavy atom. The molecule has 0 aliphatic carbocycles. The number of hydrogen-bond acceptors (Lipinski definition) is 5. The lowest BCUT2D eigenvalue weighted by Crippen LogP contribution is -2.56. The van der Waals surface area contributed by atoms with Gasteiger partial charge < -0.3 is 27.2 Å². The second-order valence-electron chi connectivity index (χ2n) is 5.08. The lowest BCUT2D eigenvalue weighted by atomic mass is 10.0. The van der Waals surface area contributed by atoms with Gasteiger partial charge in [0.2, 0.25) is 17.7 Å². The van der Waals surface area contributed by atoms with Crippen molar-refractivity contribution in [3.8, 4) is 0 Å². The minimum Gasteiger partial charge on any atom is -0.480 e. The van der Waals surface area contributed by atoms with Gasteiger partial charge in [-0.15, -0.1) is 0 Å². The van der Waals surface area contributed by atoms with Gasteiger partial charge in [-0.25, -0.2) is 0 Å². The quantitative estimate of drug-likeness (QED) is 0.345. The summed E-state index contributed by atoms with van der Waals surface area (Å²) in [6.45, 7) is 4.66. The topological polar surface area (TPSA) is 165 Å². The fourth-order valence-corrected chi connectivity index (χ4v) is 1.47. The fraction of sp³-hybridized carbons (Fsp3) is 0.667. The fourth-order valence-electron chi connectivity index (χ4n) is 1.47. The van der Waals surface area contributed by atoms with Crippen LogP contribution in [0.1, 0.15) is 27.2 Å². The first kappa shape index (κ1) is 18.8. The summed E-state index contributed by atoms with van der Waals surface area (Å²) >= 11 is 0. The summed E-state index contributed by atoms with van der Waals surface area (Å²) in [5.41, 5.74) is 10.4. The Balaban J connectivity index is 4.76. The van der Waals surface area contributed by atoms with Gasteiger partial charge >= 0.3 is 5.97 Å². The molecule has 0 saturated carbocycles. The molecule has 0 aliphatic heterocycles. The Hall–Kier alpha value is -2.16. The molecule has 9 nitrogen and oxygen atoms in total. The van der Waals surface area contributed by atoms with Crippen LogP contribution >= 0.6 is 0 Å². The molecule has 0 aromatic carbocycles. The zero-order chi connectivity index (χ0) is 16.7. The number of rotatable bonds is 8. The predicted molar refractivity (Wildman–Crippen MR) is 73.8 cm³/mol. The maximum atomic E-state index is 12.0. The zero-order valence-electron chi connectivity index (χ0n) is 12.3. The van der Waals surface area contributed by atoms with Crippen molar-refractivity contribution in [1.82, 2.24) is 10.6 Å². The normalized spacial score (nSPS) is 14.9. The van der Waals surface area contributed by atoms with Gasteiger partial charge in [0.15, 0.2) is 0 Å². The minimum atomic E-state index is -1.19. The van der Waals surface area contributed by atoms with Crippen molar-refractivity contribution in [1.29, 1.82) is 0 Å². The Bertz CT molecular complexity index is 424. The van der Waals surface area contributed by atoms with Gasteiger partial charge in [0.1, 0.15) is 12.1 Å². The van der Waals surface area contributed by atoms with E-state index >= 15 is 0 Å². The average Bonchev–Trinajstić information content (AvgIpc) is 2.33. The summed E-state index contributed by atoms with van der Waals surface area (Å²) in [4.78, 5) is 45.1. The third kappa shape index (κ3) is 6.70. The molecule has 0 spiro atoms. The van der Waals surface area contributed by atoms with E-state index in [9.17, 15) is 19.2 Å². The highest BCUT2D eigenvalue weighted by atomic mass is 16.4. The summed E-state index contributed by atoms with van der Waals surface area (Å²) in [7, 11) is 0. The first-order valence-corrected chi connectivity index (χ1v) is 6.43. The first-order chi connectivity index (χ1) is 9.56. The van der Waals surface area contributed by atoms with Gasteiger partial charge in [-0.05, 0) is 12.8 Å². The molecule has 0 rings (SSSR count). The summed E-state index contributed by atoms with van der Waals surface area (Å²) < 4.78 is 0. The van der Waals surface area contributed by atoms with Crippen molar-refractivity contribution in [2.75, 3.05) is 0 Å². The van der Waals surface area contributed by atoms with Crippen LogP contribution in [0.15, 0.2) is 0 Å². The van der Waals surface area contributed by atoms with Crippen LogP contribution in [0.2, 0.25) is 0 Å². The number of carbonyl (C=O) groups is 4. The monoisotopic (exact) mass is 302 g/mol. The number of amides is 3. The van der Waals surface area contributed by atoms with E-state index in [-0.39, 0.29) is 12.3 Å². The van der Waals surface area contributed by atoms with Crippen LogP contribution < -0.4 is 22.1 Å². The molecular formula is C12H22N4O5. The number of carbonyl (C=O) groups excluding carboxylic acids is 3. The van der Waals surface area contributed by atoms with Crippen molar-refractivity contribution in [3.05, 3.63) is 0 Å². The number of hydrogen-bond donors (Lipinski definition) is 5. The van der Waals surface area contributed by atoms with Crippen LogP contribution in [0.4, 0.5) is 0 Å². The minimum absolute atomic E-state index is 0.296. The molecule has 0 aromatic heterocycles. The van der Waals surface area contributed by atoms with Gasteiger partial charge in [-0.3, -0.25) is 19.2 Å². The first-order valence-electron chi connectivity index (χ1n) is 6.43. The lowest BCUT2D eigenvalue weighted by Gasteiger charge is -2.24. The number of nitrogens with one attached hydrogen (secondary N) is 2. The number of carboxylic acids is 1. The molecule has 9 heteroatoms. The maximum Gasteiger partial charge on any atom is 0.325 e. The molecular weight excluding hydrogens is 280 g/mol. The average molecular weight is 302 g/mol. The highest BCUT2D eigenvalue weighted by Crippen LogP contribution is 2.03. The van der Waals surface area contributed by atoms with Crippen molar-refractivity contribution in [2.45, 2.75) is 45.3 Å². The van der Waals surface area contributed by atoms with Crippen LogP contribution in [0, 0.1) is 5.92 Å². The van der Waals surface area contributed by atoms with Crippen LogP contribution in [0.25, 0.3) is 0 Å². The molecule has 0 saturated heterocycles. The number of carboxylic acid groups (broad SMARTS) is 1. The van der Waals surface area contributed by atoms with Crippen molar-refractivity contribution in [2.24, 2.45) is 17.4 Å². The maximum absolute atomic E-state index is 12.0. The summed E-state index contributed by atoms with van der Waals surface area (Å²) in [6.07, 6.45) is -0.343. The second kappa shape index (κ2) is 8.20. The van der Waals surface area contributed by atoms with Crippen LogP contribution in [-0.4, -0.2) is 46.9 Å². The van der Waals surface area contributed by atoms with Crippen LogP contribution in [0.5, 0.6) is 0 Å². The van der Waals surface area contributed by atoms with E-state index in [0.717, 1.165) is 0 Å². The molecule has 0 heterocycles. The van der Waals surface area contributed by atoms with E-state index in [2.05, 4.69) is 10.6 Å². The molecule has 0 aliphatic rings. The van der Waals surface area contributed by atoms with E-state index in [1.54, 1.807) is 13.8 Å². The molecule has 120 valence electrons. The van der Waals surface area contributed by atoms with Gasteiger partial charge in [-0.1, -0.05) is 13.8 Å². The van der Waals surface area contributed by atoms with Gasteiger partial charge in [-0.2, -0.15) is 0 Å². The van der Waals surface area contributed by atoms with E-state index in [1.807, 2.05) is 0 Å². The van der Waals surface area contributed by atoms with Gasteiger partial charge in [0, 0.05) is 0 Å². The third-order valence-electron chi connectivity index (χ3n) is 2.73. The Morgan fingerprint density at radius 2 is 1.57 bits per heavy atom. The Kier molecular flexibility index (Phi) is 7.36. The van der Waals surface area contributed by atoms with E-state index in [4.69, 9.17) is 16.6 Å². The SMILES string of the molecule is CC(NC(=O)C(NC(=O)C(N)CC(N)=O)C(C)C)C(=O)O. The number of primary amides is 1. The van der Waals surface area contributed by atoms with Gasteiger partial charge in [0.25, 0.3) is 0 Å². The summed E-state index contributed by atoms with van der Waals surface area (Å²) in [5.74, 6) is -3.56. The van der Waals surface area contributed by atoms with Crippen LogP contribution in [-0.2, 0) is 19.2 Å². The Labute approximate surface area is 122 Å². The molecule has 21 heavy (non-hydrogen) atoms. The molecule has 0 aromatic rings. The van der Waals surface area contributed by atoms with E-state index in [1.165, 1.54) is 6.92 Å². The highest BCUT2D eigenvalue weighted by molar-refractivity contribution is 5.93. The molecule has 0 radical (unpaired) electrons. The smallest absolute Gasteiger partial charge is 0.325 e. The van der Waals surface area contributed by atoms with Gasteiger partial charge in [0.05, 0.1) is 12.5 Å². The zero-order valence-corrected chi connectivity index (χ0v) is 12.3. The molecule has 0 bridgehead atoms. The van der Waals surface area contributed by atoms with E-state index in [0.29, 0.717) is 0 Å². The molecule has 3 amide bonds. The molecule has 3 atom stereocenters. The largest absolute Gasteiger partial charge is 0.480 e. The second-order valence-corrected chi connectivity index (χ2v) is 5.08. The predicted octanol–water partition coefficient (Wildman–Crippen LogP) is -2.08. The van der Waals surface area contributed by atoms with Crippen molar-refractivity contribution >= 4 is 23.7 Å². The van der Waals surface area contributed by atoms with Crippen molar-refractivity contribution in [3.63, 3.8) is 0 Å². The standard InChI is InChI=1S/C12H22N4O5/c1-5(2)9(11(19)15-6(3)12(20)21)16-10(18)7(13)4-8(14)17/h5-7,9H,4,13H2,1-3H3,(H2,14,17)(H,15,19)(H,16,18)(H,20,21). The van der Waals surface area contributed by atoms with Crippen LogP contribution in [0.3, 0.4) is 0 Å². The number of aliphatic carboxylic acids is 1. The summed E-state index contributed by atoms with van der Waals surface area (Å²) in [6, 6.07) is -3.21. The summed E-state index contributed by atoms with van der Waals surface area (Å²) in [5, 5.41) is 13.4. The molecule has 7 N–H and O–H groups in total. The molecule has 3 unspecified atom stereocenters. The Morgan fingerprint density at radius 3 is 1.95 bits per heavy atom. The molecule has 0 fully saturated rings. The highest BCUT2D eigenvalue weighted by Gasteiger charge is 2.28. The van der Waals surface area contributed by atoms with E-state index < -0.39 is 41.8 Å². The lowest BCUT2D eigenvalue weighted by molar-refractivity contribution is -0.142.